The lowest BCUT2D eigenvalue weighted by Crippen LogP contribution is -2.44. The molecule has 3 amide bonds. The number of carbonyl (C=O) groups is 2. The zero-order valence-electron chi connectivity index (χ0n) is 9.10. The maximum Gasteiger partial charge on any atom is 0.415 e. The SMILES string of the molecule is CC[C@H](C)CN(C(=O)O)C(=O)N(C)C#N. The molecule has 0 spiro atoms. The van der Waals surface area contributed by atoms with Crippen molar-refractivity contribution in [2.24, 2.45) is 5.92 Å². The number of imide groups is 1. The molecular formula is C9H15N3O3. The van der Waals surface area contributed by atoms with E-state index in [4.69, 9.17) is 10.4 Å². The normalized spacial score (nSPS) is 11.3. The molecule has 84 valence electrons. The van der Waals surface area contributed by atoms with E-state index in [0.29, 0.717) is 9.80 Å². The van der Waals surface area contributed by atoms with Gasteiger partial charge in [0.15, 0.2) is 6.19 Å². The standard InChI is InChI=1S/C9H15N3O3/c1-4-7(2)5-12(9(14)15)8(13)11(3)6-10/h7H,4-5H2,1-3H3,(H,14,15)/t7-/m0/s1. The molecule has 0 saturated carbocycles. The van der Waals surface area contributed by atoms with Gasteiger partial charge in [0.1, 0.15) is 0 Å². The van der Waals surface area contributed by atoms with Gasteiger partial charge in [-0.3, -0.25) is 0 Å². The minimum absolute atomic E-state index is 0.0807. The average Bonchev–Trinajstić information content (AvgIpc) is 2.22. The van der Waals surface area contributed by atoms with Gasteiger partial charge in [-0.05, 0) is 5.92 Å². The van der Waals surface area contributed by atoms with Gasteiger partial charge < -0.3 is 5.11 Å². The quantitative estimate of drug-likeness (QED) is 0.569. The molecule has 0 aliphatic heterocycles. The fourth-order valence-corrected chi connectivity index (χ4v) is 0.903. The van der Waals surface area contributed by atoms with Crippen LogP contribution in [0.1, 0.15) is 20.3 Å². The summed E-state index contributed by atoms with van der Waals surface area (Å²) >= 11 is 0. The number of amides is 3. The fourth-order valence-electron chi connectivity index (χ4n) is 0.903. The van der Waals surface area contributed by atoms with E-state index in [1.165, 1.54) is 7.05 Å². The van der Waals surface area contributed by atoms with Crippen molar-refractivity contribution < 1.29 is 14.7 Å². The molecule has 0 aromatic carbocycles. The molecule has 15 heavy (non-hydrogen) atoms. The Morgan fingerprint density at radius 2 is 2.07 bits per heavy atom. The highest BCUT2D eigenvalue weighted by Crippen LogP contribution is 2.06. The number of nitrogens with zero attached hydrogens (tertiary/aromatic N) is 3. The molecule has 0 heterocycles. The smallest absolute Gasteiger partial charge is 0.415 e. The van der Waals surface area contributed by atoms with Gasteiger partial charge in [0, 0.05) is 13.6 Å². The van der Waals surface area contributed by atoms with E-state index in [9.17, 15) is 9.59 Å². The number of carbonyl (C=O) groups excluding carboxylic acids is 1. The van der Waals surface area contributed by atoms with E-state index in [2.05, 4.69) is 0 Å². The minimum Gasteiger partial charge on any atom is -0.465 e. The Balaban J connectivity index is 4.61. The molecule has 6 heteroatoms. The lowest BCUT2D eigenvalue weighted by molar-refractivity contribution is 0.133. The van der Waals surface area contributed by atoms with Crippen molar-refractivity contribution in [3.8, 4) is 6.19 Å². The molecule has 0 rings (SSSR count). The Hall–Kier alpha value is -1.77. The van der Waals surface area contributed by atoms with E-state index >= 15 is 0 Å². The van der Waals surface area contributed by atoms with E-state index in [0.717, 1.165) is 6.42 Å². The molecule has 0 aromatic heterocycles. The Bertz CT molecular complexity index is 285. The van der Waals surface area contributed by atoms with Crippen LogP contribution in [0.15, 0.2) is 0 Å². The lowest BCUT2D eigenvalue weighted by atomic mass is 10.1. The molecule has 0 saturated heterocycles. The van der Waals surface area contributed by atoms with E-state index in [-0.39, 0.29) is 12.5 Å². The van der Waals surface area contributed by atoms with Crippen LogP contribution < -0.4 is 0 Å². The molecule has 6 nitrogen and oxygen atoms in total. The summed E-state index contributed by atoms with van der Waals surface area (Å²) in [6.45, 7) is 3.86. The Kier molecular flexibility index (Phi) is 5.16. The second-order valence-electron chi connectivity index (χ2n) is 3.35. The van der Waals surface area contributed by atoms with Gasteiger partial charge in [-0.1, -0.05) is 20.3 Å². The number of hydrogen-bond donors (Lipinski definition) is 1. The van der Waals surface area contributed by atoms with Crippen LogP contribution >= 0.6 is 0 Å². The van der Waals surface area contributed by atoms with Crippen LogP contribution in [0.4, 0.5) is 9.59 Å². The second-order valence-corrected chi connectivity index (χ2v) is 3.35. The summed E-state index contributed by atoms with van der Waals surface area (Å²) in [7, 11) is 1.23. The van der Waals surface area contributed by atoms with Gasteiger partial charge in [-0.25, -0.2) is 19.4 Å². The molecule has 1 atom stereocenters. The lowest BCUT2D eigenvalue weighted by Gasteiger charge is -2.22. The van der Waals surface area contributed by atoms with Crippen LogP contribution in [0.2, 0.25) is 0 Å². The minimum atomic E-state index is -1.33. The first-order chi connectivity index (χ1) is 6.93. The third-order valence-electron chi connectivity index (χ3n) is 2.09. The van der Waals surface area contributed by atoms with Gasteiger partial charge in [0.05, 0.1) is 0 Å². The van der Waals surface area contributed by atoms with Crippen LogP contribution in [0.25, 0.3) is 0 Å². The van der Waals surface area contributed by atoms with Gasteiger partial charge in [-0.15, -0.1) is 0 Å². The Morgan fingerprint density at radius 1 is 1.53 bits per heavy atom. The zero-order valence-corrected chi connectivity index (χ0v) is 9.10. The fraction of sp³-hybridized carbons (Fsp3) is 0.667. The predicted octanol–water partition coefficient (Wildman–Crippen LogP) is 1.55. The molecule has 1 N–H and O–H groups in total. The number of nitriles is 1. The first-order valence-corrected chi connectivity index (χ1v) is 4.61. The maximum absolute atomic E-state index is 11.4. The molecule has 0 bridgehead atoms. The highest BCUT2D eigenvalue weighted by Gasteiger charge is 2.25. The summed E-state index contributed by atoms with van der Waals surface area (Å²) in [5.41, 5.74) is 0. The zero-order chi connectivity index (χ0) is 12.0. The topological polar surface area (TPSA) is 84.6 Å². The van der Waals surface area contributed by atoms with Crippen LogP contribution in [-0.2, 0) is 0 Å². The van der Waals surface area contributed by atoms with E-state index < -0.39 is 12.1 Å². The van der Waals surface area contributed by atoms with Crippen LogP contribution in [0, 0.1) is 17.4 Å². The summed E-state index contributed by atoms with van der Waals surface area (Å²) < 4.78 is 0. The molecule has 0 aliphatic rings. The van der Waals surface area contributed by atoms with Crippen molar-refractivity contribution in [2.45, 2.75) is 20.3 Å². The number of hydrogen-bond acceptors (Lipinski definition) is 3. The van der Waals surface area contributed by atoms with Crippen molar-refractivity contribution in [1.29, 1.82) is 5.26 Å². The Labute approximate surface area is 88.7 Å². The molecule has 0 unspecified atom stereocenters. The van der Waals surface area contributed by atoms with Gasteiger partial charge in [0.25, 0.3) is 0 Å². The number of carboxylic acid groups (broad SMARTS) is 1. The number of urea groups is 1. The van der Waals surface area contributed by atoms with Crippen molar-refractivity contribution in [1.82, 2.24) is 9.80 Å². The third kappa shape index (κ3) is 3.85. The first kappa shape index (κ1) is 13.2. The van der Waals surface area contributed by atoms with Gasteiger partial charge >= 0.3 is 12.1 Å². The maximum atomic E-state index is 11.4. The molecule has 0 fully saturated rings. The van der Waals surface area contributed by atoms with Crippen molar-refractivity contribution in [2.75, 3.05) is 13.6 Å². The van der Waals surface area contributed by atoms with Crippen LogP contribution in [-0.4, -0.2) is 40.6 Å². The monoisotopic (exact) mass is 213 g/mol. The van der Waals surface area contributed by atoms with Crippen molar-refractivity contribution >= 4 is 12.1 Å². The van der Waals surface area contributed by atoms with Crippen LogP contribution in [0.5, 0.6) is 0 Å². The second kappa shape index (κ2) is 5.86. The molecule has 0 radical (unpaired) electrons. The summed E-state index contributed by atoms with van der Waals surface area (Å²) in [6.07, 6.45) is 1.01. The molecule has 0 aromatic rings. The summed E-state index contributed by atoms with van der Waals surface area (Å²) in [4.78, 5) is 23.5. The largest absolute Gasteiger partial charge is 0.465 e. The van der Waals surface area contributed by atoms with Crippen molar-refractivity contribution in [3.05, 3.63) is 0 Å². The van der Waals surface area contributed by atoms with E-state index in [1.807, 2.05) is 13.8 Å². The van der Waals surface area contributed by atoms with Gasteiger partial charge in [0.2, 0.25) is 0 Å². The summed E-state index contributed by atoms with van der Waals surface area (Å²) in [5, 5.41) is 17.3. The van der Waals surface area contributed by atoms with Crippen LogP contribution in [0.3, 0.4) is 0 Å². The van der Waals surface area contributed by atoms with Crippen molar-refractivity contribution in [3.63, 3.8) is 0 Å². The number of rotatable bonds is 3. The summed E-state index contributed by atoms with van der Waals surface area (Å²) in [5.74, 6) is 0.0807. The highest BCUT2D eigenvalue weighted by molar-refractivity contribution is 5.90. The average molecular weight is 213 g/mol. The third-order valence-corrected chi connectivity index (χ3v) is 2.09. The first-order valence-electron chi connectivity index (χ1n) is 4.61. The highest BCUT2D eigenvalue weighted by atomic mass is 16.4. The Morgan fingerprint density at radius 3 is 2.40 bits per heavy atom. The van der Waals surface area contributed by atoms with E-state index in [1.54, 1.807) is 6.19 Å². The van der Waals surface area contributed by atoms with Gasteiger partial charge in [-0.2, -0.15) is 5.26 Å². The summed E-state index contributed by atoms with van der Waals surface area (Å²) in [6, 6.07) is -0.815. The molecular weight excluding hydrogens is 198 g/mol. The molecule has 0 aliphatic carbocycles. The predicted molar refractivity (Wildman–Crippen MR) is 53.0 cm³/mol.